The van der Waals surface area contributed by atoms with Crippen molar-refractivity contribution in [1.82, 2.24) is 0 Å². The summed E-state index contributed by atoms with van der Waals surface area (Å²) in [4.78, 5) is 0.198. The largest absolute Gasteiger partial charge is 0.280 e. The molecule has 0 bridgehead atoms. The number of hydrogen-bond donors (Lipinski definition) is 1. The van der Waals surface area contributed by atoms with Gasteiger partial charge in [0.15, 0.2) is 0 Å². The molecule has 0 unspecified atom stereocenters. The van der Waals surface area contributed by atoms with E-state index in [2.05, 4.69) is 20.7 Å². The first-order valence-electron chi connectivity index (χ1n) is 5.95. The van der Waals surface area contributed by atoms with Crippen molar-refractivity contribution >= 4 is 54.8 Å². The lowest BCUT2D eigenvalue weighted by atomic mass is 10.2. The molecule has 7 heteroatoms. The molecular weight excluding hydrogens is 397 g/mol. The van der Waals surface area contributed by atoms with Crippen LogP contribution in [0.5, 0.6) is 0 Å². The Kier molecular flexibility index (Phi) is 4.88. The SMILES string of the molecule is Cc1cc(S(=O)(=O)Nc2ccc(Br)c(Cl)c2)c(C)cc1Cl. The molecule has 0 spiro atoms. The molecule has 0 aliphatic heterocycles. The molecule has 0 aliphatic carbocycles. The van der Waals surface area contributed by atoms with Crippen LogP contribution in [0.15, 0.2) is 39.7 Å². The third-order valence-electron chi connectivity index (χ3n) is 2.92. The fourth-order valence-corrected chi connectivity index (χ4v) is 3.82. The number of rotatable bonds is 3. The van der Waals surface area contributed by atoms with Crippen molar-refractivity contribution in [3.8, 4) is 0 Å². The minimum Gasteiger partial charge on any atom is -0.280 e. The molecule has 2 aromatic rings. The number of benzene rings is 2. The predicted octanol–water partition coefficient (Wildman–Crippen LogP) is 5.17. The van der Waals surface area contributed by atoms with Gasteiger partial charge in [-0.1, -0.05) is 23.2 Å². The van der Waals surface area contributed by atoms with Gasteiger partial charge >= 0.3 is 0 Å². The van der Waals surface area contributed by atoms with E-state index < -0.39 is 10.0 Å². The second-order valence-corrected chi connectivity index (χ2v) is 7.92. The quantitative estimate of drug-likeness (QED) is 0.760. The van der Waals surface area contributed by atoms with Crippen molar-refractivity contribution in [3.05, 3.63) is 56.0 Å². The molecular formula is C14H12BrCl2NO2S. The standard InChI is InChI=1S/C14H12BrCl2NO2S/c1-8-6-14(9(2)5-12(8)16)21(19,20)18-10-3-4-11(15)13(17)7-10/h3-7,18H,1-2H3. The van der Waals surface area contributed by atoms with Crippen LogP contribution in [0, 0.1) is 13.8 Å². The van der Waals surface area contributed by atoms with Gasteiger partial charge in [-0.05, 0) is 71.2 Å². The number of aryl methyl sites for hydroxylation is 2. The Morgan fingerprint density at radius 3 is 2.29 bits per heavy atom. The minimum absolute atomic E-state index is 0.198. The van der Waals surface area contributed by atoms with Gasteiger partial charge in [-0.3, -0.25) is 4.72 Å². The van der Waals surface area contributed by atoms with Gasteiger partial charge in [0.05, 0.1) is 15.6 Å². The zero-order valence-electron chi connectivity index (χ0n) is 11.2. The van der Waals surface area contributed by atoms with Crippen LogP contribution in [-0.4, -0.2) is 8.42 Å². The van der Waals surface area contributed by atoms with E-state index >= 15 is 0 Å². The molecule has 0 aliphatic rings. The van der Waals surface area contributed by atoms with Crippen LogP contribution in [0.25, 0.3) is 0 Å². The maximum atomic E-state index is 12.5. The van der Waals surface area contributed by atoms with Gasteiger partial charge in [-0.25, -0.2) is 8.42 Å². The predicted molar refractivity (Wildman–Crippen MR) is 90.9 cm³/mol. The van der Waals surface area contributed by atoms with Crippen molar-refractivity contribution in [2.24, 2.45) is 0 Å². The molecule has 0 heterocycles. The third-order valence-corrected chi connectivity index (χ3v) is 6.08. The van der Waals surface area contributed by atoms with E-state index in [-0.39, 0.29) is 4.90 Å². The summed E-state index contributed by atoms with van der Waals surface area (Å²) in [5.74, 6) is 0. The van der Waals surface area contributed by atoms with E-state index in [1.807, 2.05) is 0 Å². The maximum absolute atomic E-state index is 12.5. The van der Waals surface area contributed by atoms with Crippen molar-refractivity contribution in [3.63, 3.8) is 0 Å². The Labute approximate surface area is 142 Å². The van der Waals surface area contributed by atoms with E-state index in [9.17, 15) is 8.42 Å². The molecule has 2 aromatic carbocycles. The smallest absolute Gasteiger partial charge is 0.262 e. The number of halogens is 3. The molecule has 1 N–H and O–H groups in total. The van der Waals surface area contributed by atoms with Gasteiger partial charge < -0.3 is 0 Å². The first kappa shape index (κ1) is 16.6. The molecule has 0 atom stereocenters. The van der Waals surface area contributed by atoms with E-state index in [4.69, 9.17) is 23.2 Å². The van der Waals surface area contributed by atoms with Crippen LogP contribution in [-0.2, 0) is 10.0 Å². The number of anilines is 1. The topological polar surface area (TPSA) is 46.2 Å². The molecule has 0 saturated heterocycles. The molecule has 0 saturated carbocycles. The minimum atomic E-state index is -3.70. The Morgan fingerprint density at radius 2 is 1.67 bits per heavy atom. The summed E-state index contributed by atoms with van der Waals surface area (Å²) < 4.78 is 28.2. The van der Waals surface area contributed by atoms with Crippen molar-refractivity contribution in [1.29, 1.82) is 0 Å². The lowest BCUT2D eigenvalue weighted by molar-refractivity contribution is 0.600. The average Bonchev–Trinajstić information content (AvgIpc) is 2.37. The summed E-state index contributed by atoms with van der Waals surface area (Å²) in [7, 11) is -3.70. The maximum Gasteiger partial charge on any atom is 0.262 e. The fraction of sp³-hybridized carbons (Fsp3) is 0.143. The highest BCUT2D eigenvalue weighted by Crippen LogP contribution is 2.29. The van der Waals surface area contributed by atoms with Crippen LogP contribution in [0.4, 0.5) is 5.69 Å². The summed E-state index contributed by atoms with van der Waals surface area (Å²) >= 11 is 15.2. The summed E-state index contributed by atoms with van der Waals surface area (Å²) in [5.41, 5.74) is 1.69. The van der Waals surface area contributed by atoms with Crippen LogP contribution in [0.1, 0.15) is 11.1 Å². The first-order valence-corrected chi connectivity index (χ1v) is 8.98. The number of nitrogens with one attached hydrogen (secondary N) is 1. The Morgan fingerprint density at radius 1 is 1.00 bits per heavy atom. The molecule has 0 radical (unpaired) electrons. The molecule has 3 nitrogen and oxygen atoms in total. The van der Waals surface area contributed by atoms with Gasteiger partial charge in [-0.2, -0.15) is 0 Å². The van der Waals surface area contributed by atoms with E-state index in [0.717, 1.165) is 0 Å². The first-order chi connectivity index (χ1) is 9.70. The highest BCUT2D eigenvalue weighted by molar-refractivity contribution is 9.10. The molecule has 21 heavy (non-hydrogen) atoms. The molecule has 112 valence electrons. The summed E-state index contributed by atoms with van der Waals surface area (Å²) in [6, 6.07) is 8.05. The van der Waals surface area contributed by atoms with Crippen LogP contribution in [0.2, 0.25) is 10.0 Å². The zero-order chi connectivity index (χ0) is 15.8. The lowest BCUT2D eigenvalue weighted by Crippen LogP contribution is -2.14. The van der Waals surface area contributed by atoms with Crippen molar-refractivity contribution in [2.45, 2.75) is 18.7 Å². The average molecular weight is 409 g/mol. The molecule has 0 fully saturated rings. The van der Waals surface area contributed by atoms with E-state index in [0.29, 0.717) is 31.3 Å². The van der Waals surface area contributed by atoms with E-state index in [1.165, 1.54) is 0 Å². The number of hydrogen-bond acceptors (Lipinski definition) is 2. The highest BCUT2D eigenvalue weighted by atomic mass is 79.9. The van der Waals surface area contributed by atoms with Gasteiger partial charge in [0, 0.05) is 9.50 Å². The molecule has 0 amide bonds. The normalized spacial score (nSPS) is 11.5. The second-order valence-electron chi connectivity index (χ2n) is 4.60. The van der Waals surface area contributed by atoms with Gasteiger partial charge in [0.2, 0.25) is 0 Å². The van der Waals surface area contributed by atoms with Gasteiger partial charge in [-0.15, -0.1) is 0 Å². The Hall–Kier alpha value is -0.750. The van der Waals surface area contributed by atoms with Crippen LogP contribution in [0.3, 0.4) is 0 Å². The second kappa shape index (κ2) is 6.16. The summed E-state index contributed by atoms with van der Waals surface area (Å²) in [5, 5.41) is 0.970. The molecule has 0 aromatic heterocycles. The fourth-order valence-electron chi connectivity index (χ4n) is 1.81. The van der Waals surface area contributed by atoms with Crippen LogP contribution < -0.4 is 4.72 Å². The third kappa shape index (κ3) is 3.72. The monoisotopic (exact) mass is 407 g/mol. The highest BCUT2D eigenvalue weighted by Gasteiger charge is 2.18. The van der Waals surface area contributed by atoms with Crippen molar-refractivity contribution in [2.75, 3.05) is 4.72 Å². The molecule has 2 rings (SSSR count). The summed E-state index contributed by atoms with van der Waals surface area (Å²) in [6.45, 7) is 3.46. The summed E-state index contributed by atoms with van der Waals surface area (Å²) in [6.07, 6.45) is 0. The van der Waals surface area contributed by atoms with Gasteiger partial charge in [0.25, 0.3) is 10.0 Å². The Bertz CT molecular complexity index is 807. The van der Waals surface area contributed by atoms with E-state index in [1.54, 1.807) is 44.2 Å². The van der Waals surface area contributed by atoms with Crippen LogP contribution >= 0.6 is 39.1 Å². The Balaban J connectivity index is 2.43. The van der Waals surface area contributed by atoms with Gasteiger partial charge in [0.1, 0.15) is 0 Å². The van der Waals surface area contributed by atoms with Crippen molar-refractivity contribution < 1.29 is 8.42 Å². The lowest BCUT2D eigenvalue weighted by Gasteiger charge is -2.12. The number of sulfonamides is 1. The zero-order valence-corrected chi connectivity index (χ0v) is 15.2.